The molecule has 4 nitrogen and oxygen atoms in total. The van der Waals surface area contributed by atoms with Gasteiger partial charge < -0.3 is 4.74 Å². The molecule has 1 heterocycles. The number of esters is 1. The third-order valence-corrected chi connectivity index (χ3v) is 2.97. The van der Waals surface area contributed by atoms with Crippen LogP contribution in [0.2, 0.25) is 0 Å². The maximum atomic E-state index is 11.8. The van der Waals surface area contributed by atoms with Crippen LogP contribution in [0.3, 0.4) is 0 Å². The maximum Gasteiger partial charge on any atom is 0.312 e. The highest BCUT2D eigenvalue weighted by atomic mass is 16.5. The number of hydrogen-bond donors (Lipinski definition) is 2. The summed E-state index contributed by atoms with van der Waals surface area (Å²) >= 11 is 0. The quantitative estimate of drug-likeness (QED) is 0.775. The monoisotopic (exact) mass is 234 g/mol. The van der Waals surface area contributed by atoms with Gasteiger partial charge in [-0.3, -0.25) is 10.2 Å². The van der Waals surface area contributed by atoms with E-state index in [1.165, 1.54) is 5.56 Å². The van der Waals surface area contributed by atoms with Crippen LogP contribution in [0.4, 0.5) is 0 Å². The second kappa shape index (κ2) is 5.29. The predicted molar refractivity (Wildman–Crippen MR) is 65.2 cm³/mol. The number of benzene rings is 1. The average molecular weight is 234 g/mol. The van der Waals surface area contributed by atoms with E-state index < -0.39 is 0 Å². The van der Waals surface area contributed by atoms with Gasteiger partial charge in [0.05, 0.1) is 18.6 Å². The van der Waals surface area contributed by atoms with Crippen molar-refractivity contribution in [3.8, 4) is 0 Å². The average Bonchev–Trinajstić information content (AvgIpc) is 2.78. The van der Waals surface area contributed by atoms with Crippen molar-refractivity contribution in [2.75, 3.05) is 13.2 Å². The first-order valence-corrected chi connectivity index (χ1v) is 5.94. The lowest BCUT2D eigenvalue weighted by molar-refractivity contribution is -0.147. The first-order valence-electron chi connectivity index (χ1n) is 5.94. The van der Waals surface area contributed by atoms with Gasteiger partial charge in [0.25, 0.3) is 0 Å². The number of carbonyl (C=O) groups is 1. The molecule has 1 saturated heterocycles. The number of hydrazine groups is 1. The third kappa shape index (κ3) is 2.65. The van der Waals surface area contributed by atoms with Crippen LogP contribution in [0, 0.1) is 12.8 Å². The fourth-order valence-corrected chi connectivity index (χ4v) is 2.15. The van der Waals surface area contributed by atoms with E-state index in [1.54, 1.807) is 0 Å². The highest BCUT2D eigenvalue weighted by molar-refractivity contribution is 5.74. The van der Waals surface area contributed by atoms with Crippen LogP contribution in [0.5, 0.6) is 0 Å². The Morgan fingerprint density at radius 3 is 3.06 bits per heavy atom. The van der Waals surface area contributed by atoms with Gasteiger partial charge in [-0.05, 0) is 19.4 Å². The predicted octanol–water partition coefficient (Wildman–Crippen LogP) is 1.32. The number of carbonyl (C=O) groups excluding carboxylic acids is 1. The number of hydrogen-bond acceptors (Lipinski definition) is 4. The molecule has 17 heavy (non-hydrogen) atoms. The third-order valence-electron chi connectivity index (χ3n) is 2.97. The van der Waals surface area contributed by atoms with E-state index in [1.807, 2.05) is 32.0 Å². The molecule has 1 aliphatic heterocycles. The van der Waals surface area contributed by atoms with Gasteiger partial charge in [0, 0.05) is 6.54 Å². The van der Waals surface area contributed by atoms with Gasteiger partial charge in [0.2, 0.25) is 0 Å². The van der Waals surface area contributed by atoms with Crippen molar-refractivity contribution in [3.05, 3.63) is 35.4 Å². The van der Waals surface area contributed by atoms with E-state index in [9.17, 15) is 4.79 Å². The Morgan fingerprint density at radius 2 is 2.35 bits per heavy atom. The van der Waals surface area contributed by atoms with Crippen molar-refractivity contribution < 1.29 is 9.53 Å². The molecule has 0 bridgehead atoms. The van der Waals surface area contributed by atoms with Crippen LogP contribution in [-0.2, 0) is 9.53 Å². The summed E-state index contributed by atoms with van der Waals surface area (Å²) in [5.74, 6) is -0.298. The van der Waals surface area contributed by atoms with Crippen LogP contribution in [0.15, 0.2) is 24.3 Å². The molecule has 0 aliphatic carbocycles. The van der Waals surface area contributed by atoms with E-state index in [4.69, 9.17) is 4.74 Å². The Hall–Kier alpha value is -1.39. The Labute approximate surface area is 101 Å². The summed E-state index contributed by atoms with van der Waals surface area (Å²) in [5.41, 5.74) is 8.48. The molecule has 0 radical (unpaired) electrons. The van der Waals surface area contributed by atoms with Gasteiger partial charge in [-0.15, -0.1) is 0 Å². The SMILES string of the molecule is CCOC(=O)C1CNNC1c1cccc(C)c1. The fourth-order valence-electron chi connectivity index (χ4n) is 2.15. The van der Waals surface area contributed by atoms with Crippen LogP contribution < -0.4 is 10.9 Å². The van der Waals surface area contributed by atoms with Crippen LogP contribution in [0.1, 0.15) is 24.1 Å². The second-order valence-electron chi connectivity index (χ2n) is 4.28. The van der Waals surface area contributed by atoms with Crippen molar-refractivity contribution in [2.45, 2.75) is 19.9 Å². The van der Waals surface area contributed by atoms with E-state index in [-0.39, 0.29) is 17.9 Å². The zero-order valence-corrected chi connectivity index (χ0v) is 10.2. The summed E-state index contributed by atoms with van der Waals surface area (Å²) in [4.78, 5) is 11.8. The van der Waals surface area contributed by atoms with Crippen LogP contribution in [-0.4, -0.2) is 19.1 Å². The fraction of sp³-hybridized carbons (Fsp3) is 0.462. The Morgan fingerprint density at radius 1 is 1.53 bits per heavy atom. The molecule has 2 atom stereocenters. The van der Waals surface area contributed by atoms with Gasteiger partial charge in [0.1, 0.15) is 0 Å². The Bertz CT molecular complexity index is 406. The molecule has 1 aromatic rings. The normalized spacial score (nSPS) is 23.6. The number of aryl methyl sites for hydroxylation is 1. The van der Waals surface area contributed by atoms with Crippen molar-refractivity contribution in [1.82, 2.24) is 10.9 Å². The molecule has 0 saturated carbocycles. The van der Waals surface area contributed by atoms with Gasteiger partial charge in [0.15, 0.2) is 0 Å². The Balaban J connectivity index is 2.17. The largest absolute Gasteiger partial charge is 0.466 e. The lowest BCUT2D eigenvalue weighted by atomic mass is 9.94. The second-order valence-corrected chi connectivity index (χ2v) is 4.28. The molecule has 92 valence electrons. The molecular formula is C13H18N2O2. The minimum absolute atomic E-state index is 0.00560. The lowest BCUT2D eigenvalue weighted by Crippen LogP contribution is -2.27. The first kappa shape index (κ1) is 12.1. The summed E-state index contributed by atoms with van der Waals surface area (Å²) in [5, 5.41) is 0. The van der Waals surface area contributed by atoms with E-state index in [0.717, 1.165) is 5.56 Å². The van der Waals surface area contributed by atoms with Crippen LogP contribution in [0.25, 0.3) is 0 Å². The van der Waals surface area contributed by atoms with Crippen molar-refractivity contribution in [2.24, 2.45) is 5.92 Å². The number of rotatable bonds is 3. The molecule has 2 unspecified atom stereocenters. The maximum absolute atomic E-state index is 11.8. The van der Waals surface area contributed by atoms with Crippen LogP contribution >= 0.6 is 0 Å². The minimum atomic E-state index is -0.156. The van der Waals surface area contributed by atoms with Crippen molar-refractivity contribution >= 4 is 5.97 Å². The minimum Gasteiger partial charge on any atom is -0.466 e. The number of ether oxygens (including phenoxy) is 1. The summed E-state index contributed by atoms with van der Waals surface area (Å²) in [6.45, 7) is 4.91. The van der Waals surface area contributed by atoms with Gasteiger partial charge >= 0.3 is 5.97 Å². The molecule has 2 rings (SSSR count). The molecule has 0 spiro atoms. The molecule has 1 fully saturated rings. The molecule has 1 aliphatic rings. The summed E-state index contributed by atoms with van der Waals surface area (Å²) < 4.78 is 5.09. The zero-order chi connectivity index (χ0) is 12.3. The van der Waals surface area contributed by atoms with Gasteiger partial charge in [-0.2, -0.15) is 0 Å². The topological polar surface area (TPSA) is 50.4 Å². The summed E-state index contributed by atoms with van der Waals surface area (Å²) in [6, 6.07) is 8.17. The highest BCUT2D eigenvalue weighted by Crippen LogP contribution is 2.26. The first-order chi connectivity index (χ1) is 8.22. The van der Waals surface area contributed by atoms with E-state index in [2.05, 4.69) is 16.9 Å². The summed E-state index contributed by atoms with van der Waals surface area (Å²) in [6.07, 6.45) is 0. The zero-order valence-electron chi connectivity index (χ0n) is 10.2. The molecule has 4 heteroatoms. The van der Waals surface area contributed by atoms with Crippen molar-refractivity contribution in [1.29, 1.82) is 0 Å². The molecule has 2 N–H and O–H groups in total. The summed E-state index contributed by atoms with van der Waals surface area (Å²) in [7, 11) is 0. The number of nitrogens with one attached hydrogen (secondary N) is 2. The standard InChI is InChI=1S/C13H18N2O2/c1-3-17-13(16)11-8-14-15-12(11)10-6-4-5-9(2)7-10/h4-7,11-12,14-15H,3,8H2,1-2H3. The lowest BCUT2D eigenvalue weighted by Gasteiger charge is -2.17. The smallest absolute Gasteiger partial charge is 0.312 e. The molecule has 1 aromatic carbocycles. The van der Waals surface area contributed by atoms with E-state index in [0.29, 0.717) is 13.2 Å². The highest BCUT2D eigenvalue weighted by Gasteiger charge is 2.34. The molecular weight excluding hydrogens is 216 g/mol. The Kier molecular flexibility index (Phi) is 3.76. The van der Waals surface area contributed by atoms with Crippen molar-refractivity contribution in [3.63, 3.8) is 0 Å². The van der Waals surface area contributed by atoms with Gasteiger partial charge in [-0.25, -0.2) is 5.43 Å². The van der Waals surface area contributed by atoms with E-state index >= 15 is 0 Å². The molecule has 0 aromatic heterocycles. The van der Waals surface area contributed by atoms with Gasteiger partial charge in [-0.1, -0.05) is 29.8 Å². The molecule has 0 amide bonds.